The van der Waals surface area contributed by atoms with Crippen LogP contribution in [0.3, 0.4) is 0 Å². The van der Waals surface area contributed by atoms with E-state index in [1.54, 1.807) is 7.11 Å². The van der Waals surface area contributed by atoms with E-state index in [1.165, 1.54) is 83.6 Å². The lowest BCUT2D eigenvalue weighted by Gasteiger charge is -2.15. The first-order valence-electron chi connectivity index (χ1n) is 40.8. The van der Waals surface area contributed by atoms with Crippen molar-refractivity contribution in [1.29, 1.82) is 0 Å². The second kappa shape index (κ2) is 59.8. The van der Waals surface area contributed by atoms with Crippen molar-refractivity contribution < 1.29 is 4.74 Å². The highest BCUT2D eigenvalue weighted by Gasteiger charge is 2.15. The van der Waals surface area contributed by atoms with E-state index in [0.29, 0.717) is 0 Å². The molecule has 0 N–H and O–H groups in total. The van der Waals surface area contributed by atoms with Crippen LogP contribution in [0.5, 0.6) is 0 Å². The zero-order chi connectivity index (χ0) is 74.0. The number of methoxy groups -OCH3 is 1. The Kier molecular flexibility index (Phi) is 56.2. The molecule has 0 bridgehead atoms. The molecule has 0 radical (unpaired) electrons. The molecule has 0 saturated heterocycles. The Morgan fingerprint density at radius 2 is 0.354 bits per heavy atom. The zero-order valence-electron chi connectivity index (χ0n) is 68.7. The van der Waals surface area contributed by atoms with Crippen molar-refractivity contribution in [3.63, 3.8) is 0 Å². The van der Waals surface area contributed by atoms with Crippen molar-refractivity contribution in [3.05, 3.63) is 89.2 Å². The summed E-state index contributed by atoms with van der Waals surface area (Å²) < 4.78 is 5.73. The molecule has 0 aromatic carbocycles. The van der Waals surface area contributed by atoms with Crippen LogP contribution >= 0.6 is 0 Å². The lowest BCUT2D eigenvalue weighted by molar-refractivity contribution is 0.0741. The van der Waals surface area contributed by atoms with E-state index >= 15 is 0 Å². The van der Waals surface area contributed by atoms with Crippen LogP contribution < -0.4 is 0 Å². The molecule has 0 aliphatic carbocycles. The molecule has 0 heterocycles. The van der Waals surface area contributed by atoms with Crippen LogP contribution in [0.4, 0.5) is 0 Å². The largest absolute Gasteiger partial charge is 0.366 e. The van der Waals surface area contributed by atoms with E-state index in [2.05, 4.69) is 237 Å². The number of rotatable bonds is 41. The van der Waals surface area contributed by atoms with Crippen LogP contribution in [-0.4, -0.2) is 20.8 Å². The highest BCUT2D eigenvalue weighted by atomic mass is 28.3. The van der Waals surface area contributed by atoms with Gasteiger partial charge in [-0.2, -0.15) is 0 Å². The topological polar surface area (TPSA) is 9.23 Å². The smallest absolute Gasteiger partial charge is 0.129 e. The molecular formula is C97H146OSi. The summed E-state index contributed by atoms with van der Waals surface area (Å²) in [6, 6.07) is 0. The van der Waals surface area contributed by atoms with Gasteiger partial charge in [0.1, 0.15) is 13.7 Å². The Hall–Kier alpha value is -5.86. The third kappa shape index (κ3) is 42.9. The number of hydrogen-bond acceptors (Lipinski definition) is 1. The molecule has 0 unspecified atom stereocenters. The third-order valence-electron chi connectivity index (χ3n) is 17.3. The average Bonchev–Trinajstić information content (AvgIpc) is 1.48. The summed E-state index contributed by atoms with van der Waals surface area (Å²) in [4.78, 5) is 0. The quantitative estimate of drug-likeness (QED) is 0.0438. The van der Waals surface area contributed by atoms with Crippen molar-refractivity contribution in [2.24, 2.45) is 0 Å². The van der Waals surface area contributed by atoms with Crippen LogP contribution in [0.2, 0.25) is 19.6 Å². The molecule has 0 rings (SSSR count). The summed E-state index contributed by atoms with van der Waals surface area (Å²) in [7, 11) is 0.184. The maximum atomic E-state index is 5.73. The fraction of sp³-hybridized carbons (Fsp3) is 0.649. The van der Waals surface area contributed by atoms with Crippen molar-refractivity contribution in [3.8, 4) is 106 Å². The molecule has 0 fully saturated rings. The Morgan fingerprint density at radius 3 is 0.485 bits per heavy atom. The zero-order valence-corrected chi connectivity index (χ0v) is 69.7. The summed E-state index contributed by atoms with van der Waals surface area (Å²) >= 11 is 0. The van der Waals surface area contributed by atoms with E-state index in [-0.39, 0.29) is 0 Å². The fourth-order valence-electron chi connectivity index (χ4n) is 11.0. The molecule has 0 amide bonds. The first-order chi connectivity index (χ1) is 47.8. The predicted molar refractivity (Wildman–Crippen MR) is 446 cm³/mol. The van der Waals surface area contributed by atoms with Crippen LogP contribution in [0.15, 0.2) is 89.2 Å². The minimum atomic E-state index is -1.56. The molecule has 99 heavy (non-hydrogen) atoms. The van der Waals surface area contributed by atoms with Gasteiger partial charge in [0.05, 0.1) is 0 Å². The van der Waals surface area contributed by atoms with Gasteiger partial charge < -0.3 is 4.74 Å². The summed E-state index contributed by atoms with van der Waals surface area (Å²) in [5, 5.41) is 0. The van der Waals surface area contributed by atoms with Gasteiger partial charge in [0.25, 0.3) is 0 Å². The van der Waals surface area contributed by atoms with E-state index in [0.717, 1.165) is 262 Å². The Bertz CT molecular complexity index is 3270. The van der Waals surface area contributed by atoms with Crippen molar-refractivity contribution >= 4 is 8.07 Å². The van der Waals surface area contributed by atoms with Gasteiger partial charge in [-0.15, -0.1) is 5.54 Å². The van der Waals surface area contributed by atoms with E-state index in [1.807, 2.05) is 13.8 Å². The highest BCUT2D eigenvalue weighted by Crippen LogP contribution is 2.27. The summed E-state index contributed by atoms with van der Waals surface area (Å²) in [5.74, 6) is 64.6. The van der Waals surface area contributed by atoms with Gasteiger partial charge in [0.15, 0.2) is 0 Å². The van der Waals surface area contributed by atoms with Gasteiger partial charge in [0, 0.05) is 96.3 Å². The number of ether oxygens (including phenoxy) is 1. The molecule has 0 aromatic heterocycles. The molecule has 0 aliphatic rings. The molecule has 1 nitrogen and oxygen atoms in total. The van der Waals surface area contributed by atoms with Crippen molar-refractivity contribution in [2.75, 3.05) is 7.11 Å². The van der Waals surface area contributed by atoms with Crippen molar-refractivity contribution in [2.45, 2.75) is 407 Å². The molecule has 0 aromatic rings. The van der Waals surface area contributed by atoms with E-state index < -0.39 is 13.7 Å². The summed E-state index contributed by atoms with van der Waals surface area (Å²) in [5.41, 5.74) is 22.4. The van der Waals surface area contributed by atoms with E-state index in [4.69, 9.17) is 4.74 Å². The lowest BCUT2D eigenvalue weighted by Crippen LogP contribution is -2.19. The van der Waals surface area contributed by atoms with Crippen LogP contribution in [0, 0.1) is 106 Å². The summed E-state index contributed by atoms with van der Waals surface area (Å²) in [6.07, 6.45) is 40.6. The minimum absolute atomic E-state index is 0.521. The van der Waals surface area contributed by atoms with Gasteiger partial charge in [-0.25, -0.2) is 0 Å². The lowest BCUT2D eigenvalue weighted by atomic mass is 9.94. The summed E-state index contributed by atoms with van der Waals surface area (Å²) in [6.45, 7) is 47.6. The Labute approximate surface area is 618 Å². The molecule has 0 spiro atoms. The van der Waals surface area contributed by atoms with E-state index in [9.17, 15) is 0 Å². The molecule has 2 heteroatoms. The maximum absolute atomic E-state index is 5.73. The second-order valence-electron chi connectivity index (χ2n) is 28.7. The Morgan fingerprint density at radius 1 is 0.212 bits per heavy atom. The van der Waals surface area contributed by atoms with Gasteiger partial charge in [0.2, 0.25) is 0 Å². The number of allylic oxidation sites excluding steroid dienone is 16. The normalized spacial score (nSPS) is 13.2. The van der Waals surface area contributed by atoms with Crippen molar-refractivity contribution in [1.82, 2.24) is 0 Å². The first kappa shape index (κ1) is 93.1. The average molecular weight is 1360 g/mol. The molecule has 0 atom stereocenters. The maximum Gasteiger partial charge on any atom is 0.129 e. The minimum Gasteiger partial charge on any atom is -0.366 e. The number of hydrogen-bond donors (Lipinski definition) is 0. The third-order valence-corrected chi connectivity index (χ3v) is 18.2. The second-order valence-corrected chi connectivity index (χ2v) is 33.4. The van der Waals surface area contributed by atoms with Gasteiger partial charge in [-0.3, -0.25) is 0 Å². The van der Waals surface area contributed by atoms with Crippen LogP contribution in [-0.2, 0) is 4.74 Å². The van der Waals surface area contributed by atoms with Crippen LogP contribution in [0.1, 0.15) is 381 Å². The standard InChI is InChI=1S/C97H146OSi/c1-23-39-55-89(82(48-32-10)64-72-91(57-41-25-3)84(50-34-12)66-74-93(59-43-27-5)86(52-36-14)68-76-95(61-45-29-7)88(54-38-16)78-80-99(20,21)22)70-63-81(47-31-9)90(56-40-24-2)71-65-83(49-33-11)92(58-42-26-4)73-67-85(51-35-13)94(60-44-28-6)75-69-87(53-37-15)96(62-46-30-8)77-79-97(17,18)98-19/h23-62H2,1-22H3/b89-82+,90-81+,91-84+,92-83+,93-86+,94-85+,95-88+,96-87+. The molecule has 0 saturated carbocycles. The monoisotopic (exact) mass is 1360 g/mol. The molecule has 544 valence electrons. The van der Waals surface area contributed by atoms with Crippen LogP contribution in [0.25, 0.3) is 0 Å². The molecular weight excluding hydrogens is 1210 g/mol. The predicted octanol–water partition coefficient (Wildman–Crippen LogP) is 28.6. The first-order valence-corrected chi connectivity index (χ1v) is 44.3. The van der Waals surface area contributed by atoms with Gasteiger partial charge >= 0.3 is 0 Å². The fourth-order valence-corrected chi connectivity index (χ4v) is 11.6. The van der Waals surface area contributed by atoms with Gasteiger partial charge in [-0.1, -0.05) is 334 Å². The SMILES string of the molecule is CCCC/C(C#C/C(CCC)=C(/C#C/C(CCC)=C(/C#C/C(CCC)=C(/C#C/C(CCC)=C(/C#CC(C)(C)OC)CCCC)CCCC)CCCC)CCCC)=C(\C#C/C(CCCC)=C(/C#C/C(CCCC)=C(/C#C/C(CCCC)=C(/C#C[Si](C)(C)C)CCC)CCC)CCC)CCC. The highest BCUT2D eigenvalue weighted by molar-refractivity contribution is 6.83. The number of unbranched alkanes of at least 4 members (excludes halogenated alkanes) is 8. The van der Waals surface area contributed by atoms with Gasteiger partial charge in [-0.05, 0) is 168 Å². The molecule has 0 aliphatic heterocycles. The Balaban J connectivity index is 9.27.